The highest BCUT2D eigenvalue weighted by molar-refractivity contribution is 4.74. The molecule has 2 unspecified atom stereocenters. The molecule has 3 nitrogen and oxygen atoms in total. The second-order valence-electron chi connectivity index (χ2n) is 3.68. The van der Waals surface area contributed by atoms with Crippen LogP contribution in [-0.2, 0) is 0 Å². The minimum Gasteiger partial charge on any atom is -0.394 e. The Morgan fingerprint density at radius 1 is 1.50 bits per heavy atom. The van der Waals surface area contributed by atoms with Crippen LogP contribution in [0.5, 0.6) is 0 Å². The lowest BCUT2D eigenvalue weighted by Gasteiger charge is -2.34. The molecule has 0 radical (unpaired) electrons. The first-order chi connectivity index (χ1) is 5.74. The number of hydrogen-bond acceptors (Lipinski definition) is 3. The van der Waals surface area contributed by atoms with Crippen LogP contribution in [0.15, 0.2) is 0 Å². The van der Waals surface area contributed by atoms with Gasteiger partial charge in [0.2, 0.25) is 0 Å². The van der Waals surface area contributed by atoms with Crippen LogP contribution in [0.3, 0.4) is 0 Å². The summed E-state index contributed by atoms with van der Waals surface area (Å²) >= 11 is 0. The van der Waals surface area contributed by atoms with Gasteiger partial charge in [0.25, 0.3) is 0 Å². The average Bonchev–Trinajstić information content (AvgIpc) is 2.09. The number of nitrogens with zero attached hydrogens (tertiary/aromatic N) is 1. The maximum absolute atomic E-state index is 9.24. The second kappa shape index (κ2) is 4.80. The maximum atomic E-state index is 9.24. The van der Waals surface area contributed by atoms with Gasteiger partial charge in [-0.25, -0.2) is 0 Å². The van der Waals surface area contributed by atoms with Crippen molar-refractivity contribution in [1.82, 2.24) is 4.90 Å². The van der Waals surface area contributed by atoms with Gasteiger partial charge in [-0.05, 0) is 26.3 Å². The van der Waals surface area contributed by atoms with Crippen LogP contribution in [0.1, 0.15) is 26.2 Å². The minimum absolute atomic E-state index is 0.122. The number of hydrogen-bond donors (Lipinski definition) is 2. The second-order valence-corrected chi connectivity index (χ2v) is 3.68. The predicted octanol–water partition coefficient (Wildman–Crippen LogP) is 0.214. The molecule has 0 spiro atoms. The fourth-order valence-electron chi connectivity index (χ4n) is 1.76. The van der Waals surface area contributed by atoms with E-state index in [1.165, 1.54) is 19.3 Å². The molecule has 0 aromatic carbocycles. The van der Waals surface area contributed by atoms with Gasteiger partial charge in [-0.2, -0.15) is 0 Å². The van der Waals surface area contributed by atoms with Crippen molar-refractivity contribution in [2.45, 2.75) is 38.3 Å². The fourth-order valence-corrected chi connectivity index (χ4v) is 1.76. The lowest BCUT2D eigenvalue weighted by Crippen LogP contribution is -2.43. The Morgan fingerprint density at radius 2 is 2.25 bits per heavy atom. The van der Waals surface area contributed by atoms with Gasteiger partial charge in [0, 0.05) is 12.6 Å². The van der Waals surface area contributed by atoms with Crippen molar-refractivity contribution < 1.29 is 10.2 Å². The molecule has 0 saturated carbocycles. The summed E-state index contributed by atoms with van der Waals surface area (Å²) in [5, 5.41) is 17.9. The molecule has 3 heteroatoms. The number of β-amino-alcohol motifs (C(OH)–C–C–N with tert-alkyl or cyclic N) is 1. The van der Waals surface area contributed by atoms with E-state index in [0.29, 0.717) is 12.6 Å². The number of aliphatic hydroxyl groups excluding tert-OH is 2. The molecule has 1 rings (SSSR count). The van der Waals surface area contributed by atoms with Gasteiger partial charge in [-0.1, -0.05) is 6.42 Å². The Morgan fingerprint density at radius 3 is 2.83 bits per heavy atom. The van der Waals surface area contributed by atoms with E-state index in [2.05, 4.69) is 11.8 Å². The number of aliphatic hydroxyl groups is 2. The van der Waals surface area contributed by atoms with Crippen molar-refractivity contribution in [2.75, 3.05) is 19.7 Å². The van der Waals surface area contributed by atoms with E-state index in [-0.39, 0.29) is 6.61 Å². The predicted molar refractivity (Wildman–Crippen MR) is 48.0 cm³/mol. The van der Waals surface area contributed by atoms with Crippen LogP contribution >= 0.6 is 0 Å². The summed E-state index contributed by atoms with van der Waals surface area (Å²) in [5.74, 6) is 0. The van der Waals surface area contributed by atoms with Gasteiger partial charge in [0.15, 0.2) is 0 Å². The number of rotatable bonds is 3. The summed E-state index contributed by atoms with van der Waals surface area (Å²) in [4.78, 5) is 2.25. The van der Waals surface area contributed by atoms with Gasteiger partial charge in [-0.15, -0.1) is 0 Å². The average molecular weight is 173 g/mol. The third kappa shape index (κ3) is 2.73. The molecule has 1 heterocycles. The summed E-state index contributed by atoms with van der Waals surface area (Å²) in [5.41, 5.74) is 0. The number of piperidine rings is 1. The molecule has 72 valence electrons. The molecule has 0 aromatic rings. The zero-order valence-electron chi connectivity index (χ0n) is 7.74. The molecular formula is C9H19NO2. The summed E-state index contributed by atoms with van der Waals surface area (Å²) < 4.78 is 0. The topological polar surface area (TPSA) is 43.7 Å². The molecule has 0 amide bonds. The molecule has 2 N–H and O–H groups in total. The van der Waals surface area contributed by atoms with Crippen molar-refractivity contribution in [3.63, 3.8) is 0 Å². The van der Waals surface area contributed by atoms with E-state index in [1.807, 2.05) is 0 Å². The van der Waals surface area contributed by atoms with Crippen LogP contribution in [0.4, 0.5) is 0 Å². The third-order valence-corrected chi connectivity index (χ3v) is 2.60. The molecule has 12 heavy (non-hydrogen) atoms. The van der Waals surface area contributed by atoms with E-state index in [1.54, 1.807) is 0 Å². The van der Waals surface area contributed by atoms with E-state index in [0.717, 1.165) is 6.54 Å². The quantitative estimate of drug-likeness (QED) is 0.641. The smallest absolute Gasteiger partial charge is 0.0897 e. The van der Waals surface area contributed by atoms with E-state index in [9.17, 15) is 5.11 Å². The largest absolute Gasteiger partial charge is 0.394 e. The third-order valence-electron chi connectivity index (χ3n) is 2.60. The van der Waals surface area contributed by atoms with Crippen molar-refractivity contribution in [3.05, 3.63) is 0 Å². The highest BCUT2D eigenvalue weighted by Crippen LogP contribution is 2.16. The van der Waals surface area contributed by atoms with Crippen molar-refractivity contribution in [2.24, 2.45) is 0 Å². The van der Waals surface area contributed by atoms with E-state index >= 15 is 0 Å². The molecule has 1 saturated heterocycles. The first-order valence-electron chi connectivity index (χ1n) is 4.77. The Kier molecular flexibility index (Phi) is 3.98. The van der Waals surface area contributed by atoms with Gasteiger partial charge in [0.1, 0.15) is 0 Å². The fraction of sp³-hybridized carbons (Fsp3) is 1.00. The SMILES string of the molecule is CC1CCCCN1CC(O)CO. The summed E-state index contributed by atoms with van der Waals surface area (Å²) in [6.45, 7) is 3.75. The van der Waals surface area contributed by atoms with Crippen molar-refractivity contribution in [3.8, 4) is 0 Å². The first-order valence-corrected chi connectivity index (χ1v) is 4.77. The van der Waals surface area contributed by atoms with E-state index in [4.69, 9.17) is 5.11 Å². The molecular weight excluding hydrogens is 154 g/mol. The Hall–Kier alpha value is -0.120. The Bertz CT molecular complexity index is 130. The minimum atomic E-state index is -0.564. The first kappa shape index (κ1) is 9.96. The highest BCUT2D eigenvalue weighted by atomic mass is 16.3. The molecule has 2 atom stereocenters. The normalized spacial score (nSPS) is 28.8. The van der Waals surface area contributed by atoms with E-state index < -0.39 is 6.10 Å². The van der Waals surface area contributed by atoms with Gasteiger partial charge in [0.05, 0.1) is 12.7 Å². The lowest BCUT2D eigenvalue weighted by atomic mass is 10.0. The van der Waals surface area contributed by atoms with Crippen LogP contribution in [-0.4, -0.2) is 47.0 Å². The monoisotopic (exact) mass is 173 g/mol. The zero-order valence-corrected chi connectivity index (χ0v) is 7.74. The molecule has 1 aliphatic rings. The molecule has 0 aromatic heterocycles. The Balaban J connectivity index is 2.28. The zero-order chi connectivity index (χ0) is 8.97. The van der Waals surface area contributed by atoms with Crippen LogP contribution in [0.25, 0.3) is 0 Å². The summed E-state index contributed by atoms with van der Waals surface area (Å²) in [7, 11) is 0. The molecule has 0 aliphatic carbocycles. The highest BCUT2D eigenvalue weighted by Gasteiger charge is 2.19. The summed E-state index contributed by atoms with van der Waals surface area (Å²) in [6, 6.07) is 0.569. The van der Waals surface area contributed by atoms with Crippen LogP contribution in [0, 0.1) is 0 Å². The number of likely N-dealkylation sites (tertiary alicyclic amines) is 1. The molecule has 0 bridgehead atoms. The molecule has 1 fully saturated rings. The summed E-state index contributed by atoms with van der Waals surface area (Å²) in [6.07, 6.45) is 3.18. The van der Waals surface area contributed by atoms with Crippen LogP contribution in [0.2, 0.25) is 0 Å². The standard InChI is InChI=1S/C9H19NO2/c1-8-4-2-3-5-10(8)6-9(12)7-11/h8-9,11-12H,2-7H2,1H3. The van der Waals surface area contributed by atoms with Crippen LogP contribution < -0.4 is 0 Å². The molecule has 1 aliphatic heterocycles. The van der Waals surface area contributed by atoms with Gasteiger partial charge in [-0.3, -0.25) is 4.90 Å². The van der Waals surface area contributed by atoms with Crippen molar-refractivity contribution >= 4 is 0 Å². The van der Waals surface area contributed by atoms with Gasteiger partial charge < -0.3 is 10.2 Å². The Labute approximate surface area is 74.0 Å². The maximum Gasteiger partial charge on any atom is 0.0897 e. The van der Waals surface area contributed by atoms with Crippen molar-refractivity contribution in [1.29, 1.82) is 0 Å². The van der Waals surface area contributed by atoms with Gasteiger partial charge >= 0.3 is 0 Å². The lowest BCUT2D eigenvalue weighted by molar-refractivity contribution is 0.0369.